The second kappa shape index (κ2) is 8.85. The van der Waals surface area contributed by atoms with Gasteiger partial charge in [0.15, 0.2) is 10.8 Å². The van der Waals surface area contributed by atoms with E-state index in [0.29, 0.717) is 11.3 Å². The Balaban J connectivity index is 1.53. The number of thiazole rings is 1. The number of amides is 2. The van der Waals surface area contributed by atoms with Gasteiger partial charge in [-0.1, -0.05) is 34.2 Å². The quantitative estimate of drug-likeness (QED) is 0.187. The van der Waals surface area contributed by atoms with Crippen molar-refractivity contribution in [3.05, 3.63) is 39.3 Å². The Morgan fingerprint density at radius 2 is 2.19 bits per heavy atom. The molecular formula is C16H12ClN7O5S3. The molecule has 1 saturated heterocycles. The zero-order valence-corrected chi connectivity index (χ0v) is 18.8. The predicted molar refractivity (Wildman–Crippen MR) is 118 cm³/mol. The molecule has 16 heteroatoms. The zero-order valence-electron chi connectivity index (χ0n) is 15.6. The van der Waals surface area contributed by atoms with Gasteiger partial charge in [-0.3, -0.25) is 14.5 Å². The topological polar surface area (TPSA) is 184 Å². The van der Waals surface area contributed by atoms with Crippen molar-refractivity contribution >= 4 is 81.1 Å². The number of carbonyl (C=O) groups excluding carboxylic acids is 2. The maximum atomic E-state index is 12.7. The maximum Gasteiger partial charge on any atom is 0.352 e. The average molecular weight is 514 g/mol. The summed E-state index contributed by atoms with van der Waals surface area (Å²) in [5.41, 5.74) is 5.74. The molecule has 0 aromatic carbocycles. The van der Waals surface area contributed by atoms with E-state index in [0.717, 1.165) is 28.0 Å². The van der Waals surface area contributed by atoms with Crippen molar-refractivity contribution in [2.75, 3.05) is 11.5 Å². The summed E-state index contributed by atoms with van der Waals surface area (Å²) in [5.74, 6) is -2.51. The van der Waals surface area contributed by atoms with Crippen LogP contribution in [0.3, 0.4) is 0 Å². The molecule has 0 unspecified atom stereocenters. The van der Waals surface area contributed by atoms with Crippen LogP contribution in [0.4, 0.5) is 5.13 Å². The van der Waals surface area contributed by atoms with Crippen LogP contribution in [0.2, 0.25) is 4.34 Å². The smallest absolute Gasteiger partial charge is 0.352 e. The molecule has 2 aliphatic heterocycles. The number of carboxylic acid groups (broad SMARTS) is 1. The molecule has 2 atom stereocenters. The van der Waals surface area contributed by atoms with Gasteiger partial charge in [0, 0.05) is 5.75 Å². The van der Waals surface area contributed by atoms with Crippen molar-refractivity contribution in [3.63, 3.8) is 0 Å². The number of nitrogens with zero attached hydrogens (tertiary/aromatic N) is 5. The SMILES string of the molecule is Nc1nc(/C(=N/O)C(=O)N[C@@H]2C(=O)N3C(C(=O)O)=C(/C=C\c4cnsn4)CS[C@H]23)c(Cl)s1. The molecule has 0 spiro atoms. The molecule has 166 valence electrons. The van der Waals surface area contributed by atoms with Crippen molar-refractivity contribution in [3.8, 4) is 0 Å². The first-order chi connectivity index (χ1) is 15.3. The number of rotatable bonds is 6. The lowest BCUT2D eigenvalue weighted by molar-refractivity contribution is -0.150. The molecule has 32 heavy (non-hydrogen) atoms. The van der Waals surface area contributed by atoms with Gasteiger partial charge in [-0.05, 0) is 11.6 Å². The van der Waals surface area contributed by atoms with Crippen LogP contribution in [0, 0.1) is 0 Å². The Kier molecular flexibility index (Phi) is 6.14. The molecule has 0 aliphatic carbocycles. The number of oxime groups is 1. The van der Waals surface area contributed by atoms with Crippen molar-refractivity contribution in [1.82, 2.24) is 23.9 Å². The lowest BCUT2D eigenvalue weighted by Crippen LogP contribution is -2.71. The number of thioether (sulfide) groups is 1. The second-order valence-electron chi connectivity index (χ2n) is 6.33. The summed E-state index contributed by atoms with van der Waals surface area (Å²) in [7, 11) is 0. The van der Waals surface area contributed by atoms with E-state index in [1.807, 2.05) is 0 Å². The molecule has 1 fully saturated rings. The molecule has 2 aromatic rings. The highest BCUT2D eigenvalue weighted by molar-refractivity contribution is 8.00. The van der Waals surface area contributed by atoms with E-state index in [1.165, 1.54) is 18.0 Å². The zero-order chi connectivity index (χ0) is 23.0. The number of hydrogen-bond donors (Lipinski definition) is 4. The lowest BCUT2D eigenvalue weighted by Gasteiger charge is -2.49. The van der Waals surface area contributed by atoms with E-state index in [9.17, 15) is 24.7 Å². The van der Waals surface area contributed by atoms with Crippen molar-refractivity contribution in [2.45, 2.75) is 11.4 Å². The van der Waals surface area contributed by atoms with E-state index in [4.69, 9.17) is 17.3 Å². The number of halogens is 1. The minimum absolute atomic E-state index is 0.0434. The first-order valence-electron chi connectivity index (χ1n) is 8.63. The first kappa shape index (κ1) is 22.2. The fourth-order valence-corrected chi connectivity index (χ4v) is 5.73. The fourth-order valence-electron chi connectivity index (χ4n) is 3.08. The molecule has 0 saturated carbocycles. The number of hydrogen-bond acceptors (Lipinski definition) is 12. The Bertz CT molecular complexity index is 1190. The van der Waals surface area contributed by atoms with E-state index < -0.39 is 34.9 Å². The van der Waals surface area contributed by atoms with Gasteiger partial charge in [0.2, 0.25) is 0 Å². The summed E-state index contributed by atoms with van der Waals surface area (Å²) in [6.07, 6.45) is 4.72. The molecule has 2 aromatic heterocycles. The van der Waals surface area contributed by atoms with Crippen molar-refractivity contribution in [1.29, 1.82) is 0 Å². The van der Waals surface area contributed by atoms with Gasteiger partial charge in [0.25, 0.3) is 11.8 Å². The molecular weight excluding hydrogens is 502 g/mol. The van der Waals surface area contributed by atoms with Gasteiger partial charge >= 0.3 is 5.97 Å². The first-order valence-corrected chi connectivity index (χ1v) is 11.6. The normalized spacial score (nSPS) is 21.0. The number of allylic oxidation sites excluding steroid dienone is 1. The van der Waals surface area contributed by atoms with E-state index >= 15 is 0 Å². The maximum absolute atomic E-state index is 12.7. The number of carboxylic acids is 1. The summed E-state index contributed by atoms with van der Waals surface area (Å²) < 4.78 is 7.93. The van der Waals surface area contributed by atoms with Crippen molar-refractivity contribution < 1.29 is 24.7 Å². The second-order valence-corrected chi connectivity index (χ2v) is 9.62. The number of aromatic nitrogens is 3. The van der Waals surface area contributed by atoms with Crippen molar-refractivity contribution in [2.24, 2.45) is 5.16 Å². The molecule has 2 aliphatic rings. The summed E-state index contributed by atoms with van der Waals surface area (Å²) in [4.78, 5) is 42.2. The van der Waals surface area contributed by atoms with Gasteiger partial charge in [-0.25, -0.2) is 9.78 Å². The largest absolute Gasteiger partial charge is 0.477 e. The third kappa shape index (κ3) is 3.94. The Morgan fingerprint density at radius 1 is 1.41 bits per heavy atom. The highest BCUT2D eigenvalue weighted by Gasteiger charge is 2.54. The molecule has 0 bridgehead atoms. The van der Waals surface area contributed by atoms with Crippen LogP contribution >= 0.6 is 46.4 Å². The van der Waals surface area contributed by atoms with Gasteiger partial charge < -0.3 is 21.4 Å². The van der Waals surface area contributed by atoms with Crippen LogP contribution in [-0.2, 0) is 14.4 Å². The number of nitrogens with one attached hydrogen (secondary N) is 1. The Hall–Kier alpha value is -3.01. The van der Waals surface area contributed by atoms with Crippen LogP contribution < -0.4 is 11.1 Å². The Labute approximate surface area is 196 Å². The van der Waals surface area contributed by atoms with Crippen LogP contribution in [0.5, 0.6) is 0 Å². The number of nitrogens with two attached hydrogens (primary N) is 1. The van der Waals surface area contributed by atoms with E-state index in [1.54, 1.807) is 12.2 Å². The van der Waals surface area contributed by atoms with Gasteiger partial charge in [0.1, 0.15) is 27.1 Å². The summed E-state index contributed by atoms with van der Waals surface area (Å²) in [5, 5.41) is 23.8. The number of carbonyl (C=O) groups is 3. The monoisotopic (exact) mass is 513 g/mol. The Morgan fingerprint density at radius 3 is 2.78 bits per heavy atom. The average Bonchev–Trinajstić information content (AvgIpc) is 3.39. The molecule has 12 nitrogen and oxygen atoms in total. The molecule has 5 N–H and O–H groups in total. The number of nitrogen functional groups attached to an aromatic ring is 1. The molecule has 2 amide bonds. The van der Waals surface area contributed by atoms with E-state index in [-0.39, 0.29) is 26.6 Å². The highest BCUT2D eigenvalue weighted by Crippen LogP contribution is 2.41. The van der Waals surface area contributed by atoms with Crippen LogP contribution in [0.1, 0.15) is 11.4 Å². The standard InChI is InChI=1S/C16H12ClN7O5S3/c17-11-7(21-16(18)31-11)8(22-29)12(25)20-9-13(26)24-10(15(27)28)5(4-30-14(9)24)1-2-6-3-19-32-23-6/h1-3,9,14,29H,4H2,(H2,18,21)(H,20,25)(H,27,28)/b2-1-,22-8-/t9-,14-/m1/s1. The molecule has 0 radical (unpaired) electrons. The lowest BCUT2D eigenvalue weighted by atomic mass is 10.0. The number of anilines is 1. The molecule has 4 rings (SSSR count). The third-order valence-corrected chi connectivity index (χ3v) is 7.34. The number of fused-ring (bicyclic) bond motifs is 1. The third-order valence-electron chi connectivity index (χ3n) is 4.46. The number of β-lactam (4-membered cyclic amide) rings is 1. The molecule has 4 heterocycles. The van der Waals surface area contributed by atoms with Crippen LogP contribution in [-0.4, -0.2) is 69.6 Å². The van der Waals surface area contributed by atoms with Gasteiger partial charge in [0.05, 0.1) is 23.6 Å². The van der Waals surface area contributed by atoms with Gasteiger partial charge in [-0.15, -0.1) is 11.8 Å². The summed E-state index contributed by atoms with van der Waals surface area (Å²) >= 11 is 9.15. The van der Waals surface area contributed by atoms with Crippen LogP contribution in [0.25, 0.3) is 6.08 Å². The van der Waals surface area contributed by atoms with Crippen LogP contribution in [0.15, 0.2) is 28.7 Å². The summed E-state index contributed by atoms with van der Waals surface area (Å²) in [6, 6.07) is -1.03. The minimum Gasteiger partial charge on any atom is -0.477 e. The summed E-state index contributed by atoms with van der Waals surface area (Å²) in [6.45, 7) is 0. The van der Waals surface area contributed by atoms with E-state index in [2.05, 4.69) is 24.2 Å². The fraction of sp³-hybridized carbons (Fsp3) is 0.188. The minimum atomic E-state index is -1.27. The number of aliphatic carboxylic acids is 1. The predicted octanol–water partition coefficient (Wildman–Crippen LogP) is 0.861. The van der Waals surface area contributed by atoms with Gasteiger partial charge in [-0.2, -0.15) is 8.75 Å². The highest BCUT2D eigenvalue weighted by atomic mass is 35.5.